The lowest BCUT2D eigenvalue weighted by molar-refractivity contribution is 0.557. The van der Waals surface area contributed by atoms with Crippen molar-refractivity contribution in [2.24, 2.45) is 11.8 Å². The number of aryl methyl sites for hydroxylation is 1. The summed E-state index contributed by atoms with van der Waals surface area (Å²) in [6.07, 6.45) is 9.62. The number of rotatable bonds is 5. The maximum atomic E-state index is 4.40. The molecule has 3 rings (SSSR count). The van der Waals surface area contributed by atoms with Crippen LogP contribution < -0.4 is 5.32 Å². The SMILES string of the molecule is CCn1ccnc1NC(C1CC1)C1CC1. The molecule has 0 atom stereocenters. The highest BCUT2D eigenvalue weighted by Crippen LogP contribution is 2.45. The van der Waals surface area contributed by atoms with Crippen molar-refractivity contribution < 1.29 is 0 Å². The van der Waals surface area contributed by atoms with E-state index in [-0.39, 0.29) is 0 Å². The summed E-state index contributed by atoms with van der Waals surface area (Å²) >= 11 is 0. The Labute approximate surface area is 90.9 Å². The van der Waals surface area contributed by atoms with Gasteiger partial charge in [-0.2, -0.15) is 0 Å². The molecule has 2 aliphatic carbocycles. The molecule has 0 radical (unpaired) electrons. The van der Waals surface area contributed by atoms with E-state index < -0.39 is 0 Å². The van der Waals surface area contributed by atoms with Crippen LogP contribution in [-0.4, -0.2) is 15.6 Å². The molecule has 0 unspecified atom stereocenters. The van der Waals surface area contributed by atoms with Gasteiger partial charge in [-0.05, 0) is 44.4 Å². The summed E-state index contributed by atoms with van der Waals surface area (Å²) in [6.45, 7) is 3.17. The van der Waals surface area contributed by atoms with Gasteiger partial charge in [-0.25, -0.2) is 4.98 Å². The molecule has 0 amide bonds. The lowest BCUT2D eigenvalue weighted by Gasteiger charge is -2.18. The Hall–Kier alpha value is -0.990. The van der Waals surface area contributed by atoms with Gasteiger partial charge in [0.1, 0.15) is 0 Å². The van der Waals surface area contributed by atoms with Crippen molar-refractivity contribution in [1.29, 1.82) is 0 Å². The summed E-state index contributed by atoms with van der Waals surface area (Å²) in [5.41, 5.74) is 0. The van der Waals surface area contributed by atoms with Crippen LogP contribution >= 0.6 is 0 Å². The smallest absolute Gasteiger partial charge is 0.202 e. The molecule has 3 nitrogen and oxygen atoms in total. The maximum absolute atomic E-state index is 4.40. The molecule has 0 bridgehead atoms. The molecule has 3 heteroatoms. The van der Waals surface area contributed by atoms with E-state index in [0.717, 1.165) is 24.3 Å². The number of anilines is 1. The number of nitrogens with zero attached hydrogens (tertiary/aromatic N) is 2. The summed E-state index contributed by atoms with van der Waals surface area (Å²) in [7, 11) is 0. The zero-order valence-electron chi connectivity index (χ0n) is 9.32. The molecule has 1 aromatic rings. The third-order valence-electron chi connectivity index (χ3n) is 3.61. The van der Waals surface area contributed by atoms with E-state index in [4.69, 9.17) is 0 Å². The Morgan fingerprint density at radius 3 is 2.60 bits per heavy atom. The molecule has 1 aromatic heterocycles. The molecule has 1 N–H and O–H groups in total. The van der Waals surface area contributed by atoms with Crippen LogP contribution in [0.4, 0.5) is 5.95 Å². The molecule has 2 fully saturated rings. The minimum absolute atomic E-state index is 0.706. The largest absolute Gasteiger partial charge is 0.352 e. The monoisotopic (exact) mass is 205 g/mol. The van der Waals surface area contributed by atoms with Crippen molar-refractivity contribution in [2.45, 2.75) is 45.2 Å². The second kappa shape index (κ2) is 3.54. The Kier molecular flexibility index (Phi) is 2.19. The van der Waals surface area contributed by atoms with Gasteiger partial charge in [-0.15, -0.1) is 0 Å². The summed E-state index contributed by atoms with van der Waals surface area (Å²) in [4.78, 5) is 4.40. The quantitative estimate of drug-likeness (QED) is 0.800. The Morgan fingerprint density at radius 2 is 2.07 bits per heavy atom. The van der Waals surface area contributed by atoms with E-state index in [0.29, 0.717) is 6.04 Å². The highest BCUT2D eigenvalue weighted by Gasteiger charge is 2.41. The Balaban J connectivity index is 1.71. The zero-order chi connectivity index (χ0) is 10.3. The van der Waals surface area contributed by atoms with E-state index in [1.165, 1.54) is 25.7 Å². The average molecular weight is 205 g/mol. The van der Waals surface area contributed by atoms with Gasteiger partial charge < -0.3 is 9.88 Å². The predicted octanol–water partition coefficient (Wildman–Crippen LogP) is 2.50. The molecule has 82 valence electrons. The third kappa shape index (κ3) is 1.87. The summed E-state index contributed by atoms with van der Waals surface area (Å²) in [6, 6.07) is 0.706. The summed E-state index contributed by atoms with van der Waals surface area (Å²) in [5.74, 6) is 2.93. The van der Waals surface area contributed by atoms with Crippen LogP contribution in [-0.2, 0) is 6.54 Å². The fraction of sp³-hybridized carbons (Fsp3) is 0.750. The predicted molar refractivity (Wildman–Crippen MR) is 60.8 cm³/mol. The van der Waals surface area contributed by atoms with Crippen LogP contribution in [0.2, 0.25) is 0 Å². The molecule has 0 aromatic carbocycles. The second-order valence-corrected chi connectivity index (χ2v) is 4.88. The van der Waals surface area contributed by atoms with Crippen molar-refractivity contribution in [2.75, 3.05) is 5.32 Å². The van der Waals surface area contributed by atoms with E-state index in [1.807, 2.05) is 6.20 Å². The van der Waals surface area contributed by atoms with Gasteiger partial charge in [-0.3, -0.25) is 0 Å². The van der Waals surface area contributed by atoms with Gasteiger partial charge in [0.2, 0.25) is 5.95 Å². The molecule has 0 spiro atoms. The van der Waals surface area contributed by atoms with Crippen LogP contribution in [0.15, 0.2) is 12.4 Å². The Bertz CT molecular complexity index is 324. The highest BCUT2D eigenvalue weighted by molar-refractivity contribution is 5.29. The van der Waals surface area contributed by atoms with Crippen LogP contribution in [0.3, 0.4) is 0 Å². The fourth-order valence-electron chi connectivity index (χ4n) is 2.38. The molecule has 2 saturated carbocycles. The first kappa shape index (κ1) is 9.25. The summed E-state index contributed by atoms with van der Waals surface area (Å²) < 4.78 is 2.19. The van der Waals surface area contributed by atoms with Gasteiger partial charge in [-0.1, -0.05) is 0 Å². The molecule has 0 aliphatic heterocycles. The third-order valence-corrected chi connectivity index (χ3v) is 3.61. The normalized spacial score (nSPS) is 20.9. The summed E-state index contributed by atoms with van der Waals surface area (Å²) in [5, 5.41) is 3.65. The number of nitrogens with one attached hydrogen (secondary N) is 1. The topological polar surface area (TPSA) is 29.9 Å². The molecule has 2 aliphatic rings. The van der Waals surface area contributed by atoms with Crippen LogP contribution in [0.25, 0.3) is 0 Å². The lowest BCUT2D eigenvalue weighted by atomic mass is 10.1. The van der Waals surface area contributed by atoms with Crippen LogP contribution in [0.1, 0.15) is 32.6 Å². The number of imidazole rings is 1. The van der Waals surface area contributed by atoms with E-state index in [9.17, 15) is 0 Å². The van der Waals surface area contributed by atoms with Crippen LogP contribution in [0.5, 0.6) is 0 Å². The standard InChI is InChI=1S/C12H19N3/c1-2-15-8-7-13-12(15)14-11(9-3-4-9)10-5-6-10/h7-11H,2-6H2,1H3,(H,13,14). The lowest BCUT2D eigenvalue weighted by Crippen LogP contribution is -2.26. The van der Waals surface area contributed by atoms with Gasteiger partial charge in [0.05, 0.1) is 0 Å². The van der Waals surface area contributed by atoms with E-state index in [1.54, 1.807) is 0 Å². The van der Waals surface area contributed by atoms with Crippen molar-refractivity contribution in [3.63, 3.8) is 0 Å². The molecular formula is C12H19N3. The van der Waals surface area contributed by atoms with Gasteiger partial charge in [0.15, 0.2) is 0 Å². The molecular weight excluding hydrogens is 186 g/mol. The Morgan fingerprint density at radius 1 is 1.40 bits per heavy atom. The van der Waals surface area contributed by atoms with Crippen LogP contribution in [0, 0.1) is 11.8 Å². The second-order valence-electron chi connectivity index (χ2n) is 4.88. The van der Waals surface area contributed by atoms with Crippen molar-refractivity contribution in [1.82, 2.24) is 9.55 Å². The first-order valence-electron chi connectivity index (χ1n) is 6.16. The zero-order valence-corrected chi connectivity index (χ0v) is 9.32. The number of hydrogen-bond donors (Lipinski definition) is 1. The van der Waals surface area contributed by atoms with Crippen molar-refractivity contribution in [3.05, 3.63) is 12.4 Å². The fourth-order valence-corrected chi connectivity index (χ4v) is 2.38. The maximum Gasteiger partial charge on any atom is 0.202 e. The van der Waals surface area contributed by atoms with E-state index in [2.05, 4.69) is 28.0 Å². The minimum atomic E-state index is 0.706. The number of hydrogen-bond acceptors (Lipinski definition) is 2. The minimum Gasteiger partial charge on any atom is -0.352 e. The van der Waals surface area contributed by atoms with Crippen molar-refractivity contribution in [3.8, 4) is 0 Å². The number of aromatic nitrogens is 2. The highest BCUT2D eigenvalue weighted by atomic mass is 15.2. The van der Waals surface area contributed by atoms with Gasteiger partial charge in [0, 0.05) is 25.0 Å². The first-order valence-corrected chi connectivity index (χ1v) is 6.16. The first-order chi connectivity index (χ1) is 7.38. The van der Waals surface area contributed by atoms with Gasteiger partial charge in [0.25, 0.3) is 0 Å². The molecule has 0 saturated heterocycles. The van der Waals surface area contributed by atoms with E-state index >= 15 is 0 Å². The van der Waals surface area contributed by atoms with Crippen molar-refractivity contribution >= 4 is 5.95 Å². The molecule has 1 heterocycles. The molecule has 15 heavy (non-hydrogen) atoms. The van der Waals surface area contributed by atoms with Gasteiger partial charge >= 0.3 is 0 Å². The average Bonchev–Trinajstić information content (AvgIpc) is 3.14.